The van der Waals surface area contributed by atoms with Gasteiger partial charge in [-0.3, -0.25) is 9.59 Å². The summed E-state index contributed by atoms with van der Waals surface area (Å²) in [6, 6.07) is 0. The van der Waals surface area contributed by atoms with Crippen molar-refractivity contribution < 1.29 is 28.2 Å². The molecule has 2 aliphatic rings. The summed E-state index contributed by atoms with van der Waals surface area (Å²) in [7, 11) is 0. The maximum atomic E-state index is 12.9. The van der Waals surface area contributed by atoms with Crippen molar-refractivity contribution in [3.63, 3.8) is 0 Å². The van der Waals surface area contributed by atoms with Gasteiger partial charge in [0.2, 0.25) is 5.91 Å². The number of carboxylic acid groups (broad SMARTS) is 1. The number of nitrogens with zero attached hydrogens (tertiary/aromatic N) is 3. The summed E-state index contributed by atoms with van der Waals surface area (Å²) in [6.07, 6.45) is 0.311. The van der Waals surface area contributed by atoms with Gasteiger partial charge in [-0.25, -0.2) is 4.68 Å². The number of carboxylic acids is 1. The molecule has 0 saturated carbocycles. The molecule has 3 heterocycles. The van der Waals surface area contributed by atoms with E-state index in [-0.39, 0.29) is 30.5 Å². The fourth-order valence-corrected chi connectivity index (χ4v) is 3.90. The van der Waals surface area contributed by atoms with Crippen LogP contribution in [0.3, 0.4) is 0 Å². The first kappa shape index (κ1) is 17.8. The number of aliphatic carboxylic acids is 1. The van der Waals surface area contributed by atoms with Gasteiger partial charge in [-0.1, -0.05) is 0 Å². The molecule has 0 radical (unpaired) electrons. The van der Waals surface area contributed by atoms with Crippen molar-refractivity contribution in [2.45, 2.75) is 33.2 Å². The highest BCUT2D eigenvalue weighted by molar-refractivity contribution is 5.83. The van der Waals surface area contributed by atoms with Gasteiger partial charge in [0.05, 0.1) is 24.1 Å². The molecule has 2 fully saturated rings. The maximum absolute atomic E-state index is 12.9. The molecule has 25 heavy (non-hydrogen) atoms. The molecule has 2 atom stereocenters. The highest BCUT2D eigenvalue weighted by Crippen LogP contribution is 2.42. The lowest BCUT2D eigenvalue weighted by Crippen LogP contribution is -2.45. The monoisotopic (exact) mass is 357 g/mol. The Morgan fingerprint density at radius 3 is 2.72 bits per heavy atom. The molecular weight excluding hydrogens is 336 g/mol. The predicted octanol–water partition coefficient (Wildman–Crippen LogP) is 1.39. The molecule has 9 heteroatoms. The van der Waals surface area contributed by atoms with Crippen LogP contribution in [0.2, 0.25) is 0 Å². The summed E-state index contributed by atoms with van der Waals surface area (Å²) in [5.74, 6) is -1.42. The molecule has 2 aliphatic heterocycles. The number of hydrogen-bond donors (Lipinski definition) is 1. The van der Waals surface area contributed by atoms with Gasteiger partial charge >= 0.3 is 12.5 Å². The van der Waals surface area contributed by atoms with E-state index in [1.165, 1.54) is 11.8 Å². The third-order valence-corrected chi connectivity index (χ3v) is 5.47. The zero-order valence-electron chi connectivity index (χ0n) is 14.2. The number of carbonyl (C=O) groups excluding carboxylic acids is 1. The lowest BCUT2D eigenvalue weighted by atomic mass is 9.74. The molecule has 0 aliphatic carbocycles. The second kappa shape index (κ2) is 6.36. The van der Waals surface area contributed by atoms with Crippen LogP contribution in [0.15, 0.2) is 0 Å². The van der Waals surface area contributed by atoms with Crippen LogP contribution >= 0.6 is 0 Å². The van der Waals surface area contributed by atoms with Crippen LogP contribution in [0.1, 0.15) is 29.9 Å². The number of rotatable bonds is 4. The predicted molar refractivity (Wildman–Crippen MR) is 82.2 cm³/mol. The number of halogens is 2. The number of amides is 1. The minimum Gasteiger partial charge on any atom is -0.481 e. The van der Waals surface area contributed by atoms with Crippen LogP contribution in [0.4, 0.5) is 8.78 Å². The van der Waals surface area contributed by atoms with Crippen LogP contribution in [-0.2, 0) is 20.7 Å². The quantitative estimate of drug-likeness (QED) is 0.880. The lowest BCUT2D eigenvalue weighted by molar-refractivity contribution is -0.157. The van der Waals surface area contributed by atoms with Gasteiger partial charge < -0.3 is 14.7 Å². The van der Waals surface area contributed by atoms with E-state index in [2.05, 4.69) is 5.10 Å². The van der Waals surface area contributed by atoms with Crippen molar-refractivity contribution in [3.8, 4) is 0 Å². The number of fused-ring (bicyclic) bond motifs is 1. The summed E-state index contributed by atoms with van der Waals surface area (Å²) in [5, 5.41) is 13.4. The van der Waals surface area contributed by atoms with Crippen LogP contribution in [-0.4, -0.2) is 58.0 Å². The maximum Gasteiger partial charge on any atom is 0.333 e. The van der Waals surface area contributed by atoms with Crippen LogP contribution in [0.5, 0.6) is 0 Å². The number of aryl methyl sites for hydroxylation is 1. The average Bonchev–Trinajstić information content (AvgIpc) is 3.08. The summed E-state index contributed by atoms with van der Waals surface area (Å²) in [6.45, 7) is 1.46. The van der Waals surface area contributed by atoms with Crippen molar-refractivity contribution >= 4 is 11.9 Å². The molecule has 1 aromatic rings. The normalized spacial score (nSPS) is 26.1. The summed E-state index contributed by atoms with van der Waals surface area (Å²) in [5.41, 5.74) is 0.152. The Labute approximate surface area is 143 Å². The third-order valence-electron chi connectivity index (χ3n) is 5.47. The van der Waals surface area contributed by atoms with Crippen molar-refractivity contribution in [2.75, 3.05) is 26.3 Å². The Bertz CT molecular complexity index is 706. The Morgan fingerprint density at radius 1 is 1.44 bits per heavy atom. The second-order valence-electron chi connectivity index (χ2n) is 6.81. The first-order chi connectivity index (χ1) is 11.8. The van der Waals surface area contributed by atoms with E-state index >= 15 is 0 Å². The Hall–Kier alpha value is -2.03. The van der Waals surface area contributed by atoms with E-state index in [0.717, 1.165) is 0 Å². The zero-order chi connectivity index (χ0) is 18.4. The van der Waals surface area contributed by atoms with E-state index in [0.29, 0.717) is 42.1 Å². The van der Waals surface area contributed by atoms with Crippen LogP contribution in [0.25, 0.3) is 0 Å². The molecule has 1 amide bonds. The largest absolute Gasteiger partial charge is 0.481 e. The Kier molecular flexibility index (Phi) is 4.52. The van der Waals surface area contributed by atoms with Gasteiger partial charge in [-0.2, -0.15) is 13.9 Å². The molecule has 3 rings (SSSR count). The van der Waals surface area contributed by atoms with Gasteiger partial charge in [0.15, 0.2) is 0 Å². The van der Waals surface area contributed by atoms with Crippen molar-refractivity contribution in [2.24, 2.45) is 11.3 Å². The van der Waals surface area contributed by atoms with Crippen LogP contribution < -0.4 is 0 Å². The third kappa shape index (κ3) is 2.90. The zero-order valence-corrected chi connectivity index (χ0v) is 14.2. The van der Waals surface area contributed by atoms with E-state index in [1.807, 2.05) is 0 Å². The second-order valence-corrected chi connectivity index (χ2v) is 6.81. The highest BCUT2D eigenvalue weighted by Gasteiger charge is 2.54. The Balaban J connectivity index is 1.78. The molecule has 7 nitrogen and oxygen atoms in total. The van der Waals surface area contributed by atoms with Gasteiger partial charge in [0.1, 0.15) is 0 Å². The molecule has 0 bridgehead atoms. The summed E-state index contributed by atoms with van der Waals surface area (Å²) >= 11 is 0. The van der Waals surface area contributed by atoms with Gasteiger partial charge in [-0.15, -0.1) is 0 Å². The topological polar surface area (TPSA) is 84.7 Å². The lowest BCUT2D eigenvalue weighted by Gasteiger charge is -2.33. The molecule has 138 valence electrons. The minimum absolute atomic E-state index is 0.0618. The van der Waals surface area contributed by atoms with Gasteiger partial charge in [0.25, 0.3) is 0 Å². The molecule has 2 saturated heterocycles. The van der Waals surface area contributed by atoms with Crippen molar-refractivity contribution in [1.29, 1.82) is 0 Å². The van der Waals surface area contributed by atoms with Gasteiger partial charge in [-0.05, 0) is 20.3 Å². The smallest absolute Gasteiger partial charge is 0.333 e. The van der Waals surface area contributed by atoms with Gasteiger partial charge in [0, 0.05) is 36.9 Å². The van der Waals surface area contributed by atoms with E-state index in [1.54, 1.807) is 6.92 Å². The average molecular weight is 357 g/mol. The van der Waals surface area contributed by atoms with Crippen molar-refractivity contribution in [3.05, 3.63) is 17.0 Å². The fourth-order valence-electron chi connectivity index (χ4n) is 3.90. The molecule has 0 aromatic carbocycles. The van der Waals surface area contributed by atoms with E-state index in [4.69, 9.17) is 4.74 Å². The molecule has 1 N–H and O–H groups in total. The number of aromatic nitrogens is 2. The summed E-state index contributed by atoms with van der Waals surface area (Å²) in [4.78, 5) is 26.0. The fraction of sp³-hybridized carbons (Fsp3) is 0.688. The van der Waals surface area contributed by atoms with Crippen LogP contribution in [0, 0.1) is 25.2 Å². The Morgan fingerprint density at radius 2 is 2.16 bits per heavy atom. The highest BCUT2D eigenvalue weighted by atomic mass is 19.3. The number of alkyl halides is 2. The summed E-state index contributed by atoms with van der Waals surface area (Å²) < 4.78 is 31.8. The van der Waals surface area contributed by atoms with E-state index < -0.39 is 17.9 Å². The first-order valence-corrected chi connectivity index (χ1v) is 8.18. The number of carbonyl (C=O) groups is 2. The number of likely N-dealkylation sites (tertiary alicyclic amines) is 1. The molecule has 1 aromatic heterocycles. The molecule has 0 unspecified atom stereocenters. The van der Waals surface area contributed by atoms with Crippen molar-refractivity contribution in [1.82, 2.24) is 14.7 Å². The standard InChI is InChI=1S/C16H21F2N3O4/c1-9-12(10(2)21(19-9)15(17)18)5-13(22)20-6-11-7-25-4-3-16(11,8-20)14(23)24/h11,15H,3-8H2,1-2H3,(H,23,24)/t11-,16+/m0/s1. The van der Waals surface area contributed by atoms with E-state index in [9.17, 15) is 23.5 Å². The SMILES string of the molecule is Cc1nn(C(F)F)c(C)c1CC(=O)N1C[C@H]2COCC[C@@]2(C(=O)O)C1. The number of hydrogen-bond acceptors (Lipinski definition) is 4. The molecular formula is C16H21F2N3O4. The molecule has 0 spiro atoms. The first-order valence-electron chi connectivity index (χ1n) is 8.18. The minimum atomic E-state index is -2.76. The number of ether oxygens (including phenoxy) is 1.